The monoisotopic (exact) mass is 294 g/mol. The molecule has 1 aromatic carbocycles. The van der Waals surface area contributed by atoms with Crippen molar-refractivity contribution in [3.63, 3.8) is 0 Å². The summed E-state index contributed by atoms with van der Waals surface area (Å²) in [5, 5.41) is 8.49. The molecule has 1 aliphatic rings. The average molecular weight is 294 g/mol. The zero-order chi connectivity index (χ0) is 14.9. The van der Waals surface area contributed by atoms with E-state index >= 15 is 0 Å². The van der Waals surface area contributed by atoms with Crippen molar-refractivity contribution < 1.29 is 9.47 Å². The van der Waals surface area contributed by atoms with Crippen LogP contribution in [0.1, 0.15) is 5.82 Å². The highest BCUT2D eigenvalue weighted by Gasteiger charge is 2.17. The van der Waals surface area contributed by atoms with Gasteiger partial charge in [-0.3, -0.25) is 9.55 Å². The Morgan fingerprint density at radius 1 is 0.955 bits per heavy atom. The molecule has 3 aromatic rings. The molecule has 2 aromatic heterocycles. The topological polar surface area (TPSA) is 62.1 Å². The number of hydrogen-bond acceptors (Lipinski definition) is 5. The number of benzene rings is 1. The second-order valence-corrected chi connectivity index (χ2v) is 4.97. The first kappa shape index (κ1) is 12.8. The van der Waals surface area contributed by atoms with Crippen LogP contribution in [0, 0.1) is 6.92 Å². The van der Waals surface area contributed by atoms with Gasteiger partial charge in [0.15, 0.2) is 17.3 Å². The number of rotatable bonds is 2. The van der Waals surface area contributed by atoms with Crippen molar-refractivity contribution in [3.05, 3.63) is 48.5 Å². The molecule has 0 radical (unpaired) electrons. The zero-order valence-corrected chi connectivity index (χ0v) is 12.1. The minimum atomic E-state index is 0.564. The van der Waals surface area contributed by atoms with Gasteiger partial charge in [0.05, 0.1) is 5.69 Å². The van der Waals surface area contributed by atoms with E-state index in [9.17, 15) is 0 Å². The molecule has 0 fully saturated rings. The summed E-state index contributed by atoms with van der Waals surface area (Å²) in [5.41, 5.74) is 1.91. The van der Waals surface area contributed by atoms with Crippen molar-refractivity contribution in [1.82, 2.24) is 19.7 Å². The summed E-state index contributed by atoms with van der Waals surface area (Å²) >= 11 is 0. The largest absolute Gasteiger partial charge is 0.486 e. The zero-order valence-electron chi connectivity index (χ0n) is 12.1. The molecule has 0 bridgehead atoms. The summed E-state index contributed by atoms with van der Waals surface area (Å²) < 4.78 is 13.2. The van der Waals surface area contributed by atoms with Gasteiger partial charge in [0.1, 0.15) is 19.0 Å². The van der Waals surface area contributed by atoms with E-state index in [1.54, 1.807) is 12.4 Å². The molecule has 0 spiro atoms. The SMILES string of the molecule is Cc1nnc(-c2ccncc2)n1-c1ccc2c(c1)OCCO2. The van der Waals surface area contributed by atoms with Crippen molar-refractivity contribution in [2.45, 2.75) is 6.92 Å². The van der Waals surface area contributed by atoms with E-state index < -0.39 is 0 Å². The molecule has 0 saturated heterocycles. The van der Waals surface area contributed by atoms with Crippen LogP contribution in [-0.4, -0.2) is 33.0 Å². The van der Waals surface area contributed by atoms with Gasteiger partial charge < -0.3 is 9.47 Å². The molecule has 6 nitrogen and oxygen atoms in total. The van der Waals surface area contributed by atoms with Crippen LogP contribution in [0.5, 0.6) is 11.5 Å². The van der Waals surface area contributed by atoms with Gasteiger partial charge in [0.2, 0.25) is 0 Å². The van der Waals surface area contributed by atoms with E-state index in [-0.39, 0.29) is 0 Å². The highest BCUT2D eigenvalue weighted by atomic mass is 16.6. The number of ether oxygens (including phenoxy) is 2. The Bertz CT molecular complexity index is 814. The third-order valence-corrected chi connectivity index (χ3v) is 3.55. The van der Waals surface area contributed by atoms with E-state index in [1.807, 2.05) is 41.8 Å². The molecule has 0 saturated carbocycles. The quantitative estimate of drug-likeness (QED) is 0.726. The van der Waals surface area contributed by atoms with Gasteiger partial charge in [-0.25, -0.2) is 0 Å². The first-order chi connectivity index (χ1) is 10.8. The summed E-state index contributed by atoms with van der Waals surface area (Å²) in [6.45, 7) is 3.07. The Morgan fingerprint density at radius 3 is 2.55 bits per heavy atom. The van der Waals surface area contributed by atoms with Crippen molar-refractivity contribution in [1.29, 1.82) is 0 Å². The summed E-state index contributed by atoms with van der Waals surface area (Å²) in [7, 11) is 0. The number of nitrogens with zero attached hydrogens (tertiary/aromatic N) is 4. The minimum absolute atomic E-state index is 0.564. The Morgan fingerprint density at radius 2 is 1.73 bits per heavy atom. The molecule has 1 aliphatic heterocycles. The van der Waals surface area contributed by atoms with Crippen LogP contribution in [-0.2, 0) is 0 Å². The van der Waals surface area contributed by atoms with Gasteiger partial charge in [-0.05, 0) is 31.2 Å². The lowest BCUT2D eigenvalue weighted by atomic mass is 10.2. The molecule has 110 valence electrons. The van der Waals surface area contributed by atoms with E-state index in [1.165, 1.54) is 0 Å². The number of fused-ring (bicyclic) bond motifs is 1. The summed E-state index contributed by atoms with van der Waals surface area (Å²) in [4.78, 5) is 4.04. The Hall–Kier alpha value is -2.89. The predicted octanol–water partition coefficient (Wildman–Crippen LogP) is 2.41. The minimum Gasteiger partial charge on any atom is -0.486 e. The van der Waals surface area contributed by atoms with Crippen LogP contribution >= 0.6 is 0 Å². The van der Waals surface area contributed by atoms with Crippen molar-refractivity contribution in [2.24, 2.45) is 0 Å². The molecule has 0 amide bonds. The standard InChI is InChI=1S/C16H14N4O2/c1-11-18-19-16(12-4-6-17-7-5-12)20(11)13-2-3-14-15(10-13)22-9-8-21-14/h2-7,10H,8-9H2,1H3. The third kappa shape index (κ3) is 2.09. The van der Waals surface area contributed by atoms with E-state index in [4.69, 9.17) is 9.47 Å². The van der Waals surface area contributed by atoms with Gasteiger partial charge in [-0.15, -0.1) is 10.2 Å². The van der Waals surface area contributed by atoms with Gasteiger partial charge in [-0.1, -0.05) is 0 Å². The highest BCUT2D eigenvalue weighted by Crippen LogP contribution is 2.33. The second kappa shape index (κ2) is 5.14. The fourth-order valence-electron chi connectivity index (χ4n) is 2.53. The average Bonchev–Trinajstić information content (AvgIpc) is 2.97. The molecular weight excluding hydrogens is 280 g/mol. The number of hydrogen-bond donors (Lipinski definition) is 0. The van der Waals surface area contributed by atoms with Crippen LogP contribution in [0.3, 0.4) is 0 Å². The van der Waals surface area contributed by atoms with Gasteiger partial charge in [0.25, 0.3) is 0 Å². The van der Waals surface area contributed by atoms with E-state index in [0.29, 0.717) is 13.2 Å². The van der Waals surface area contributed by atoms with Crippen molar-refractivity contribution in [3.8, 4) is 28.6 Å². The van der Waals surface area contributed by atoms with Crippen molar-refractivity contribution >= 4 is 0 Å². The summed E-state index contributed by atoms with van der Waals surface area (Å²) in [6, 6.07) is 9.68. The maximum Gasteiger partial charge on any atom is 0.168 e. The second-order valence-electron chi connectivity index (χ2n) is 4.97. The number of pyridine rings is 1. The maximum atomic E-state index is 5.66. The first-order valence-corrected chi connectivity index (χ1v) is 7.05. The Kier molecular flexibility index (Phi) is 3.00. The fraction of sp³-hybridized carbons (Fsp3) is 0.188. The van der Waals surface area contributed by atoms with Crippen LogP contribution in [0.4, 0.5) is 0 Å². The third-order valence-electron chi connectivity index (χ3n) is 3.55. The normalized spacial score (nSPS) is 13.1. The molecule has 3 heterocycles. The van der Waals surface area contributed by atoms with Crippen LogP contribution < -0.4 is 9.47 Å². The molecule has 0 unspecified atom stereocenters. The van der Waals surface area contributed by atoms with Gasteiger partial charge in [0, 0.05) is 24.0 Å². The lowest BCUT2D eigenvalue weighted by molar-refractivity contribution is 0.171. The summed E-state index contributed by atoms with van der Waals surface area (Å²) in [6.07, 6.45) is 3.49. The first-order valence-electron chi connectivity index (χ1n) is 7.05. The molecule has 4 rings (SSSR count). The van der Waals surface area contributed by atoms with E-state index in [0.717, 1.165) is 34.4 Å². The molecule has 22 heavy (non-hydrogen) atoms. The predicted molar refractivity (Wildman–Crippen MR) is 80.3 cm³/mol. The lowest BCUT2D eigenvalue weighted by Crippen LogP contribution is -2.15. The van der Waals surface area contributed by atoms with E-state index in [2.05, 4.69) is 15.2 Å². The molecule has 0 N–H and O–H groups in total. The number of aryl methyl sites for hydroxylation is 1. The van der Waals surface area contributed by atoms with Gasteiger partial charge >= 0.3 is 0 Å². The fourth-order valence-corrected chi connectivity index (χ4v) is 2.53. The van der Waals surface area contributed by atoms with Crippen LogP contribution in [0.15, 0.2) is 42.7 Å². The molecular formula is C16H14N4O2. The van der Waals surface area contributed by atoms with Crippen molar-refractivity contribution in [2.75, 3.05) is 13.2 Å². The smallest absolute Gasteiger partial charge is 0.168 e. The Labute approximate surface area is 127 Å². The lowest BCUT2D eigenvalue weighted by Gasteiger charge is -2.19. The van der Waals surface area contributed by atoms with Gasteiger partial charge in [-0.2, -0.15) is 0 Å². The summed E-state index contributed by atoms with van der Waals surface area (Å²) in [5.74, 6) is 3.10. The number of aromatic nitrogens is 4. The molecule has 0 aliphatic carbocycles. The molecule has 0 atom stereocenters. The highest BCUT2D eigenvalue weighted by molar-refractivity contribution is 5.59. The van der Waals surface area contributed by atoms with Crippen LogP contribution in [0.25, 0.3) is 17.1 Å². The maximum absolute atomic E-state index is 5.66. The Balaban J connectivity index is 1.85. The van der Waals surface area contributed by atoms with Crippen LogP contribution in [0.2, 0.25) is 0 Å². The molecule has 6 heteroatoms.